The third-order valence-electron chi connectivity index (χ3n) is 21.5. The number of rotatable bonds is 7. The van der Waals surface area contributed by atoms with Gasteiger partial charge in [0.05, 0.1) is 0 Å². The molecule has 0 spiro atoms. The van der Waals surface area contributed by atoms with Crippen molar-refractivity contribution in [1.29, 1.82) is 0 Å². The standard InChI is InChI=1S/C54H89NS2/c1-3-12-36(13-4-1)37-22-28-41(29-23-37)55(42-30-24-39(25-31-42)45-17-8-7-16-44(45)38-14-5-2-6-15-38)43-32-26-40(27-33-43)46-19-11-20-47-48-34-35-51-52(54(48)57-53(46)47)49-18-9-10-21-50(49)56-51/h36-54H,1-35H2. The second-order valence-electron chi connectivity index (χ2n) is 23.9. The number of nitrogens with zero attached hydrogens (tertiary/aromatic N) is 1. The summed E-state index contributed by atoms with van der Waals surface area (Å²) in [7, 11) is 0. The minimum Gasteiger partial charge on any atom is -0.294 e. The number of hydrogen-bond acceptors (Lipinski definition) is 3. The summed E-state index contributed by atoms with van der Waals surface area (Å²) in [4.78, 5) is 3.39. The Hall–Kier alpha value is 0.660. The molecule has 1 nitrogen and oxygen atoms in total. The van der Waals surface area contributed by atoms with Crippen LogP contribution in [0.25, 0.3) is 0 Å². The van der Waals surface area contributed by atoms with Crippen LogP contribution in [-0.4, -0.2) is 44.0 Å². The average molecular weight is 816 g/mol. The van der Waals surface area contributed by atoms with E-state index in [9.17, 15) is 0 Å². The number of thioether (sulfide) groups is 2. The summed E-state index contributed by atoms with van der Waals surface area (Å²) in [6.45, 7) is 0. The lowest BCUT2D eigenvalue weighted by atomic mass is 9.61. The van der Waals surface area contributed by atoms with Crippen LogP contribution in [0.1, 0.15) is 225 Å². The molecule has 2 heterocycles. The molecule has 57 heavy (non-hydrogen) atoms. The van der Waals surface area contributed by atoms with Crippen LogP contribution in [0.4, 0.5) is 0 Å². The molecule has 0 aromatic carbocycles. The molecule has 2 aliphatic heterocycles. The van der Waals surface area contributed by atoms with Crippen LogP contribution in [0, 0.1) is 71.0 Å². The molecule has 0 aromatic rings. The molecule has 9 aliphatic carbocycles. The maximum absolute atomic E-state index is 3.39. The first-order chi connectivity index (χ1) is 28.3. The third kappa shape index (κ3) is 8.20. The van der Waals surface area contributed by atoms with E-state index in [-0.39, 0.29) is 0 Å². The summed E-state index contributed by atoms with van der Waals surface area (Å²) in [5.41, 5.74) is 0. The Morgan fingerprint density at radius 2 is 0.684 bits per heavy atom. The Morgan fingerprint density at radius 3 is 1.32 bits per heavy atom. The van der Waals surface area contributed by atoms with Gasteiger partial charge in [-0.05, 0) is 199 Å². The first-order valence-corrected chi connectivity index (χ1v) is 29.2. The van der Waals surface area contributed by atoms with E-state index >= 15 is 0 Å². The topological polar surface area (TPSA) is 3.24 Å². The molecule has 0 amide bonds. The summed E-state index contributed by atoms with van der Waals surface area (Å²) >= 11 is 5.19. The number of hydrogen-bond donors (Lipinski definition) is 0. The van der Waals surface area contributed by atoms with Gasteiger partial charge in [-0.25, -0.2) is 0 Å². The summed E-state index contributed by atoms with van der Waals surface area (Å²) in [6, 6.07) is 2.76. The molecule has 11 aliphatic rings. The molecule has 11 rings (SSSR count). The van der Waals surface area contributed by atoms with E-state index in [0.29, 0.717) is 0 Å². The van der Waals surface area contributed by atoms with E-state index in [4.69, 9.17) is 0 Å². The first-order valence-electron chi connectivity index (χ1n) is 27.3. The van der Waals surface area contributed by atoms with Crippen molar-refractivity contribution < 1.29 is 0 Å². The fourth-order valence-electron chi connectivity index (χ4n) is 19.0. The van der Waals surface area contributed by atoms with Crippen molar-refractivity contribution in [3.05, 3.63) is 0 Å². The van der Waals surface area contributed by atoms with Gasteiger partial charge in [-0.3, -0.25) is 4.90 Å². The van der Waals surface area contributed by atoms with Gasteiger partial charge >= 0.3 is 0 Å². The fraction of sp³-hybridized carbons (Fsp3) is 1.00. The van der Waals surface area contributed by atoms with Crippen LogP contribution in [0.5, 0.6) is 0 Å². The second-order valence-corrected chi connectivity index (χ2v) is 26.7. The highest BCUT2D eigenvalue weighted by Crippen LogP contribution is 2.66. The SMILES string of the molecule is C1CCC(C2CCC(N(C3CCC(C4CCCCC4C4CCCCC4)CC3)C3CCC(C4CCCC5C6CCC7SC8CCCCC8C7C6SC45)CC3)CC2)CC1. The molecular formula is C54H89NS2. The lowest BCUT2D eigenvalue weighted by Gasteiger charge is -2.52. The van der Waals surface area contributed by atoms with Gasteiger partial charge < -0.3 is 0 Å². The molecule has 11 fully saturated rings. The fourth-order valence-corrected chi connectivity index (χ4v) is 23.8. The molecule has 0 aromatic heterocycles. The highest BCUT2D eigenvalue weighted by atomic mass is 32.2. The van der Waals surface area contributed by atoms with Crippen LogP contribution >= 0.6 is 23.5 Å². The van der Waals surface area contributed by atoms with Gasteiger partial charge in [0.2, 0.25) is 0 Å². The minimum absolute atomic E-state index is 0.918. The maximum Gasteiger partial charge on any atom is 0.0123 e. The molecule has 0 N–H and O–H groups in total. The first kappa shape index (κ1) is 40.4. The summed E-state index contributed by atoms with van der Waals surface area (Å²) in [6.07, 6.45) is 54.9. The molecular weight excluding hydrogens is 727 g/mol. The van der Waals surface area contributed by atoms with Gasteiger partial charge in [0.15, 0.2) is 0 Å². The lowest BCUT2D eigenvalue weighted by Crippen LogP contribution is -2.53. The quantitative estimate of drug-likeness (QED) is 0.252. The predicted molar refractivity (Wildman–Crippen MR) is 247 cm³/mol. The van der Waals surface area contributed by atoms with Gasteiger partial charge in [-0.1, -0.05) is 96.3 Å². The van der Waals surface area contributed by atoms with Crippen molar-refractivity contribution in [2.24, 2.45) is 71.0 Å². The largest absolute Gasteiger partial charge is 0.294 e. The molecule has 0 radical (unpaired) electrons. The smallest absolute Gasteiger partial charge is 0.0123 e. The normalized spacial score (nSPS) is 50.2. The van der Waals surface area contributed by atoms with Gasteiger partial charge in [0, 0.05) is 39.1 Å². The zero-order valence-corrected chi connectivity index (χ0v) is 38.6. The summed E-state index contributed by atoms with van der Waals surface area (Å²) < 4.78 is 0. The Morgan fingerprint density at radius 1 is 0.246 bits per heavy atom. The van der Waals surface area contributed by atoms with Crippen molar-refractivity contribution in [3.63, 3.8) is 0 Å². The zero-order chi connectivity index (χ0) is 37.7. The van der Waals surface area contributed by atoms with Crippen LogP contribution in [-0.2, 0) is 0 Å². The van der Waals surface area contributed by atoms with Crippen molar-refractivity contribution in [3.8, 4) is 0 Å². The molecule has 11 unspecified atom stereocenters. The molecule has 11 atom stereocenters. The highest BCUT2D eigenvalue weighted by molar-refractivity contribution is 8.02. The maximum atomic E-state index is 3.39. The van der Waals surface area contributed by atoms with Gasteiger partial charge in [-0.2, -0.15) is 23.5 Å². The van der Waals surface area contributed by atoms with Gasteiger partial charge in [0.1, 0.15) is 0 Å². The van der Waals surface area contributed by atoms with E-state index in [1.807, 2.05) is 0 Å². The second kappa shape index (κ2) is 18.4. The number of fused-ring (bicyclic) bond motifs is 7. The van der Waals surface area contributed by atoms with Gasteiger partial charge in [0.25, 0.3) is 0 Å². The van der Waals surface area contributed by atoms with E-state index in [0.717, 1.165) is 110 Å². The van der Waals surface area contributed by atoms with Crippen molar-refractivity contribution >= 4 is 23.5 Å². The van der Waals surface area contributed by atoms with Crippen molar-refractivity contribution in [1.82, 2.24) is 4.90 Å². The minimum atomic E-state index is 0.918. The molecule has 9 saturated carbocycles. The third-order valence-corrected chi connectivity index (χ3v) is 25.4. The van der Waals surface area contributed by atoms with Crippen molar-refractivity contribution in [2.75, 3.05) is 0 Å². The Labute approximate surface area is 361 Å². The van der Waals surface area contributed by atoms with Gasteiger partial charge in [-0.15, -0.1) is 0 Å². The lowest BCUT2D eigenvalue weighted by molar-refractivity contribution is -0.0180. The summed E-state index contributed by atoms with van der Waals surface area (Å²) in [5.74, 6) is 13.0. The Kier molecular flexibility index (Phi) is 13.1. The predicted octanol–water partition coefficient (Wildman–Crippen LogP) is 15.5. The summed E-state index contributed by atoms with van der Waals surface area (Å²) in [5, 5.41) is 4.19. The Bertz CT molecular complexity index is 1260. The monoisotopic (exact) mass is 816 g/mol. The Balaban J connectivity index is 0.756. The van der Waals surface area contributed by atoms with Crippen LogP contribution in [0.15, 0.2) is 0 Å². The van der Waals surface area contributed by atoms with E-state index in [1.165, 1.54) is 32.1 Å². The van der Waals surface area contributed by atoms with Crippen molar-refractivity contribution in [2.45, 2.75) is 264 Å². The average Bonchev–Trinajstić information content (AvgIpc) is 3.87. The van der Waals surface area contributed by atoms with Crippen LogP contribution in [0.3, 0.4) is 0 Å². The molecule has 2 saturated heterocycles. The molecule has 322 valence electrons. The van der Waals surface area contributed by atoms with E-state index in [2.05, 4.69) is 28.4 Å². The van der Waals surface area contributed by atoms with E-state index < -0.39 is 0 Å². The van der Waals surface area contributed by atoms with Crippen LogP contribution in [0.2, 0.25) is 0 Å². The highest BCUT2D eigenvalue weighted by Gasteiger charge is 2.59. The molecule has 3 heteroatoms. The molecule has 0 bridgehead atoms. The zero-order valence-electron chi connectivity index (χ0n) is 37.0. The van der Waals surface area contributed by atoms with E-state index in [1.54, 1.807) is 193 Å². The van der Waals surface area contributed by atoms with Crippen LogP contribution < -0.4 is 0 Å².